The fourth-order valence-corrected chi connectivity index (χ4v) is 2.01. The molecule has 0 aliphatic carbocycles. The third kappa shape index (κ3) is 5.79. The maximum Gasteiger partial charge on any atom is 0.423 e. The first-order valence-corrected chi connectivity index (χ1v) is 8.11. The van der Waals surface area contributed by atoms with E-state index < -0.39 is 23.2 Å². The number of alkyl halides is 3. The van der Waals surface area contributed by atoms with Crippen LogP contribution in [0.3, 0.4) is 0 Å². The highest BCUT2D eigenvalue weighted by atomic mass is 19.4. The molecule has 0 radical (unpaired) electrons. The molecule has 0 atom stereocenters. The van der Waals surface area contributed by atoms with Gasteiger partial charge < -0.3 is 14.8 Å². The zero-order valence-corrected chi connectivity index (χ0v) is 15.3. The van der Waals surface area contributed by atoms with Crippen LogP contribution in [0, 0.1) is 0 Å². The third-order valence-electron chi connectivity index (χ3n) is 2.94. The third-order valence-corrected chi connectivity index (χ3v) is 2.94. The van der Waals surface area contributed by atoms with Gasteiger partial charge in [0, 0.05) is 11.9 Å². The smallest absolute Gasteiger partial charge is 0.423 e. The molecule has 1 aromatic heterocycles. The molecule has 0 spiro atoms. The van der Waals surface area contributed by atoms with Crippen LogP contribution in [0.1, 0.15) is 40.2 Å². The Balaban J connectivity index is 2.25. The second-order valence-corrected chi connectivity index (χ2v) is 6.94. The molecule has 2 aromatic rings. The summed E-state index contributed by atoms with van der Waals surface area (Å²) in [6.45, 7) is 8.78. The zero-order valence-electron chi connectivity index (χ0n) is 15.3. The van der Waals surface area contributed by atoms with Gasteiger partial charge in [0.2, 0.25) is 11.8 Å². The van der Waals surface area contributed by atoms with Crippen LogP contribution in [0.2, 0.25) is 0 Å². The number of hydrogen-bond acceptors (Lipinski definition) is 5. The van der Waals surface area contributed by atoms with Crippen molar-refractivity contribution in [1.82, 2.24) is 9.97 Å². The maximum atomic E-state index is 13.1. The maximum absolute atomic E-state index is 13.1. The standard InChI is InChI=1S/C18H22F3N3O2/c1-11(2)25-13-8-6-12(7-9-13)23-16-22-10-14(18(19,20)21)15(24-16)26-17(3,4)5/h6-11H,1-5H3,(H,22,23,24). The van der Waals surface area contributed by atoms with Crippen molar-refractivity contribution in [1.29, 1.82) is 0 Å². The molecule has 0 saturated carbocycles. The molecule has 8 heteroatoms. The van der Waals surface area contributed by atoms with Gasteiger partial charge in [0.1, 0.15) is 16.9 Å². The van der Waals surface area contributed by atoms with Crippen LogP contribution in [0.5, 0.6) is 11.6 Å². The van der Waals surface area contributed by atoms with Crippen LogP contribution < -0.4 is 14.8 Å². The predicted octanol–water partition coefficient (Wildman–Crippen LogP) is 5.20. The van der Waals surface area contributed by atoms with Gasteiger partial charge in [-0.25, -0.2) is 4.98 Å². The van der Waals surface area contributed by atoms with E-state index >= 15 is 0 Å². The lowest BCUT2D eigenvalue weighted by molar-refractivity contribution is -0.140. The molecule has 0 aliphatic heterocycles. The van der Waals surface area contributed by atoms with E-state index in [1.54, 1.807) is 45.0 Å². The van der Waals surface area contributed by atoms with E-state index in [2.05, 4.69) is 15.3 Å². The highest BCUT2D eigenvalue weighted by Gasteiger charge is 2.37. The van der Waals surface area contributed by atoms with E-state index in [1.807, 2.05) is 13.8 Å². The topological polar surface area (TPSA) is 56.3 Å². The van der Waals surface area contributed by atoms with Crippen LogP contribution in [-0.2, 0) is 6.18 Å². The summed E-state index contributed by atoms with van der Waals surface area (Å²) in [7, 11) is 0. The van der Waals surface area contributed by atoms with Gasteiger partial charge in [-0.05, 0) is 58.9 Å². The first kappa shape index (κ1) is 19.8. The number of hydrogen-bond donors (Lipinski definition) is 1. The molecule has 0 saturated heterocycles. The lowest BCUT2D eigenvalue weighted by Crippen LogP contribution is -2.26. The molecule has 26 heavy (non-hydrogen) atoms. The lowest BCUT2D eigenvalue weighted by atomic mass is 10.2. The molecular weight excluding hydrogens is 347 g/mol. The number of aromatic nitrogens is 2. The van der Waals surface area contributed by atoms with E-state index in [9.17, 15) is 13.2 Å². The van der Waals surface area contributed by atoms with Gasteiger partial charge >= 0.3 is 6.18 Å². The number of ether oxygens (including phenoxy) is 2. The average molecular weight is 369 g/mol. The molecule has 2 rings (SSSR count). The fraction of sp³-hybridized carbons (Fsp3) is 0.444. The highest BCUT2D eigenvalue weighted by molar-refractivity contribution is 5.55. The van der Waals surface area contributed by atoms with Crippen molar-refractivity contribution >= 4 is 11.6 Å². The Morgan fingerprint density at radius 1 is 1.04 bits per heavy atom. The number of benzene rings is 1. The van der Waals surface area contributed by atoms with Gasteiger partial charge in [-0.1, -0.05) is 0 Å². The summed E-state index contributed by atoms with van der Waals surface area (Å²) < 4.78 is 50.3. The summed E-state index contributed by atoms with van der Waals surface area (Å²) in [5, 5.41) is 2.86. The Bertz CT molecular complexity index is 739. The Labute approximate surface area is 150 Å². The van der Waals surface area contributed by atoms with Crippen molar-refractivity contribution in [3.63, 3.8) is 0 Å². The summed E-state index contributed by atoms with van der Waals surface area (Å²) in [4.78, 5) is 7.64. The van der Waals surface area contributed by atoms with Crippen molar-refractivity contribution in [2.45, 2.75) is 52.5 Å². The Kier molecular flexibility index (Phi) is 5.63. The summed E-state index contributed by atoms with van der Waals surface area (Å²) in [6.07, 6.45) is -3.84. The number of anilines is 2. The lowest BCUT2D eigenvalue weighted by Gasteiger charge is -2.23. The van der Waals surface area contributed by atoms with E-state index in [-0.39, 0.29) is 12.1 Å². The van der Waals surface area contributed by atoms with E-state index in [4.69, 9.17) is 9.47 Å². The minimum Gasteiger partial charge on any atom is -0.491 e. The van der Waals surface area contributed by atoms with Gasteiger partial charge in [-0.15, -0.1) is 0 Å². The van der Waals surface area contributed by atoms with Gasteiger partial charge in [0.25, 0.3) is 0 Å². The van der Waals surface area contributed by atoms with Gasteiger partial charge in [-0.3, -0.25) is 0 Å². The second-order valence-electron chi connectivity index (χ2n) is 6.94. The van der Waals surface area contributed by atoms with Crippen LogP contribution in [-0.4, -0.2) is 21.7 Å². The minimum absolute atomic E-state index is 0.00905. The minimum atomic E-state index is -4.60. The average Bonchev–Trinajstić information content (AvgIpc) is 2.46. The number of nitrogens with one attached hydrogen (secondary N) is 1. The molecule has 1 heterocycles. The molecule has 1 aromatic carbocycles. The van der Waals surface area contributed by atoms with Crippen LogP contribution >= 0.6 is 0 Å². The number of halogens is 3. The Hall–Kier alpha value is -2.51. The molecular formula is C18H22F3N3O2. The zero-order chi connectivity index (χ0) is 19.5. The monoisotopic (exact) mass is 369 g/mol. The largest absolute Gasteiger partial charge is 0.491 e. The van der Waals surface area contributed by atoms with Crippen molar-refractivity contribution in [3.05, 3.63) is 36.0 Å². The van der Waals surface area contributed by atoms with Crippen LogP contribution in [0.25, 0.3) is 0 Å². The van der Waals surface area contributed by atoms with Gasteiger partial charge in [0.05, 0.1) is 6.10 Å². The molecule has 0 bridgehead atoms. The second kappa shape index (κ2) is 7.39. The molecule has 0 fully saturated rings. The molecule has 0 aliphatic rings. The molecule has 5 nitrogen and oxygen atoms in total. The summed E-state index contributed by atoms with van der Waals surface area (Å²) in [5.41, 5.74) is -1.23. The Morgan fingerprint density at radius 2 is 1.65 bits per heavy atom. The van der Waals surface area contributed by atoms with Crippen LogP contribution in [0.15, 0.2) is 30.5 Å². The van der Waals surface area contributed by atoms with E-state index in [0.29, 0.717) is 17.6 Å². The van der Waals surface area contributed by atoms with Crippen molar-refractivity contribution in [2.24, 2.45) is 0 Å². The summed E-state index contributed by atoms with van der Waals surface area (Å²) in [6, 6.07) is 6.95. The van der Waals surface area contributed by atoms with E-state index in [1.165, 1.54) is 0 Å². The molecule has 142 valence electrons. The number of nitrogens with zero attached hydrogens (tertiary/aromatic N) is 2. The Morgan fingerprint density at radius 3 is 2.15 bits per heavy atom. The highest BCUT2D eigenvalue weighted by Crippen LogP contribution is 2.36. The summed E-state index contributed by atoms with van der Waals surface area (Å²) in [5.74, 6) is 0.188. The van der Waals surface area contributed by atoms with E-state index in [0.717, 1.165) is 0 Å². The SMILES string of the molecule is CC(C)Oc1ccc(Nc2ncc(C(F)(F)F)c(OC(C)(C)C)n2)cc1. The van der Waals surface area contributed by atoms with Crippen molar-refractivity contribution < 1.29 is 22.6 Å². The molecule has 0 unspecified atom stereocenters. The quantitative estimate of drug-likeness (QED) is 0.785. The fourth-order valence-electron chi connectivity index (χ4n) is 2.01. The van der Waals surface area contributed by atoms with Crippen molar-refractivity contribution in [2.75, 3.05) is 5.32 Å². The van der Waals surface area contributed by atoms with Crippen molar-refractivity contribution in [3.8, 4) is 11.6 Å². The van der Waals surface area contributed by atoms with Crippen LogP contribution in [0.4, 0.5) is 24.8 Å². The molecule has 1 N–H and O–H groups in total. The number of rotatable bonds is 5. The van der Waals surface area contributed by atoms with Gasteiger partial charge in [-0.2, -0.15) is 18.2 Å². The van der Waals surface area contributed by atoms with Gasteiger partial charge in [0.15, 0.2) is 0 Å². The normalized spacial score (nSPS) is 12.2. The predicted molar refractivity (Wildman–Crippen MR) is 92.9 cm³/mol. The molecule has 0 amide bonds. The summed E-state index contributed by atoms with van der Waals surface area (Å²) >= 11 is 0. The first-order chi connectivity index (χ1) is 11.9. The first-order valence-electron chi connectivity index (χ1n) is 8.11.